The fraction of sp³-hybridized carbons (Fsp3) is 0.353. The zero-order valence-electron chi connectivity index (χ0n) is 13.6. The number of nitrogens with zero attached hydrogens (tertiary/aromatic N) is 2. The monoisotopic (exact) mass is 378 g/mol. The first-order chi connectivity index (χ1) is 12.1. The van der Waals surface area contributed by atoms with E-state index in [2.05, 4.69) is 0 Å². The van der Waals surface area contributed by atoms with Crippen LogP contribution in [0, 0.1) is 0 Å². The van der Waals surface area contributed by atoms with Crippen LogP contribution in [-0.4, -0.2) is 51.5 Å². The van der Waals surface area contributed by atoms with Crippen LogP contribution < -0.4 is 4.90 Å². The van der Waals surface area contributed by atoms with Gasteiger partial charge in [0.05, 0.1) is 23.0 Å². The molecule has 0 radical (unpaired) electrons. The minimum atomic E-state index is -3.57. The summed E-state index contributed by atoms with van der Waals surface area (Å²) in [6.07, 6.45) is 0.826. The van der Waals surface area contributed by atoms with E-state index in [1.165, 1.54) is 21.7 Å². The highest BCUT2D eigenvalue weighted by Gasteiger charge is 2.30. The molecule has 1 fully saturated rings. The van der Waals surface area contributed by atoms with E-state index in [0.29, 0.717) is 37.7 Å². The highest BCUT2D eigenvalue weighted by molar-refractivity contribution is 7.89. The number of carbonyl (C=O) groups is 1. The average molecular weight is 378 g/mol. The predicted molar refractivity (Wildman–Crippen MR) is 95.7 cm³/mol. The summed E-state index contributed by atoms with van der Waals surface area (Å²) in [5.74, 6) is -0.140. The first-order valence-corrected chi connectivity index (χ1v) is 10.5. The van der Waals surface area contributed by atoms with Crippen molar-refractivity contribution >= 4 is 33.0 Å². The Balaban J connectivity index is 1.58. The Hall–Kier alpha value is -1.74. The number of thiophene rings is 1. The maximum absolute atomic E-state index is 12.8. The fourth-order valence-electron chi connectivity index (χ4n) is 3.18. The number of fused-ring (bicyclic) bond motifs is 1. The van der Waals surface area contributed by atoms with Gasteiger partial charge in [0.25, 0.3) is 5.91 Å². The second-order valence-corrected chi connectivity index (χ2v) is 8.85. The van der Waals surface area contributed by atoms with Gasteiger partial charge in [-0.05, 0) is 24.1 Å². The number of sulfonamides is 1. The molecule has 0 N–H and O–H groups in total. The van der Waals surface area contributed by atoms with Crippen LogP contribution in [0.4, 0.5) is 5.69 Å². The quantitative estimate of drug-likeness (QED) is 0.819. The first kappa shape index (κ1) is 16.7. The highest BCUT2D eigenvalue weighted by atomic mass is 32.2. The Morgan fingerprint density at radius 3 is 2.68 bits per heavy atom. The normalized spacial score (nSPS) is 18.3. The first-order valence-electron chi connectivity index (χ1n) is 8.13. The third-order valence-electron chi connectivity index (χ3n) is 4.53. The Bertz CT molecular complexity index is 901. The minimum absolute atomic E-state index is 0.140. The lowest BCUT2D eigenvalue weighted by Crippen LogP contribution is -2.40. The van der Waals surface area contributed by atoms with Crippen molar-refractivity contribution in [3.05, 3.63) is 46.2 Å². The highest BCUT2D eigenvalue weighted by Crippen LogP contribution is 2.31. The second kappa shape index (κ2) is 6.53. The number of morpholine rings is 1. The molecule has 25 heavy (non-hydrogen) atoms. The van der Waals surface area contributed by atoms with Crippen molar-refractivity contribution in [2.24, 2.45) is 0 Å². The number of anilines is 1. The topological polar surface area (TPSA) is 66.9 Å². The molecule has 3 heterocycles. The molecule has 2 aromatic rings. The summed E-state index contributed by atoms with van der Waals surface area (Å²) in [5.41, 5.74) is 2.06. The van der Waals surface area contributed by atoms with Crippen LogP contribution in [0.2, 0.25) is 0 Å². The third-order valence-corrected chi connectivity index (χ3v) is 7.47. The number of benzene rings is 1. The molecule has 1 amide bonds. The number of ether oxygens (including phenoxy) is 1. The Morgan fingerprint density at radius 2 is 1.88 bits per heavy atom. The maximum Gasteiger partial charge on any atom is 0.268 e. The number of rotatable bonds is 3. The van der Waals surface area contributed by atoms with Crippen LogP contribution in [0.3, 0.4) is 0 Å². The summed E-state index contributed by atoms with van der Waals surface area (Å²) in [7, 11) is -3.57. The number of amides is 1. The third kappa shape index (κ3) is 2.99. The van der Waals surface area contributed by atoms with E-state index in [0.717, 1.165) is 17.7 Å². The van der Waals surface area contributed by atoms with E-state index in [9.17, 15) is 13.2 Å². The molecule has 132 valence electrons. The molecule has 1 aromatic carbocycles. The van der Waals surface area contributed by atoms with Crippen molar-refractivity contribution in [2.45, 2.75) is 11.3 Å². The predicted octanol–water partition coefficient (Wildman–Crippen LogP) is 1.97. The van der Waals surface area contributed by atoms with Crippen LogP contribution >= 0.6 is 11.3 Å². The van der Waals surface area contributed by atoms with Gasteiger partial charge in [0.15, 0.2) is 0 Å². The molecule has 0 aliphatic carbocycles. The van der Waals surface area contributed by atoms with Gasteiger partial charge in [0.2, 0.25) is 10.0 Å². The van der Waals surface area contributed by atoms with Crippen LogP contribution in [0.5, 0.6) is 0 Å². The summed E-state index contributed by atoms with van der Waals surface area (Å²) in [6.45, 7) is 2.13. The van der Waals surface area contributed by atoms with Crippen molar-refractivity contribution in [2.75, 3.05) is 37.7 Å². The summed E-state index contributed by atoms with van der Waals surface area (Å²) in [4.78, 5) is 15.2. The van der Waals surface area contributed by atoms with E-state index >= 15 is 0 Å². The van der Waals surface area contributed by atoms with Crippen molar-refractivity contribution in [3.8, 4) is 0 Å². The number of para-hydroxylation sites is 1. The molecular formula is C17H18N2O4S2. The number of hydrogen-bond donors (Lipinski definition) is 0. The number of hydrogen-bond acceptors (Lipinski definition) is 5. The van der Waals surface area contributed by atoms with Crippen molar-refractivity contribution in [1.82, 2.24) is 4.31 Å². The smallest absolute Gasteiger partial charge is 0.268 e. The van der Waals surface area contributed by atoms with Crippen LogP contribution in [0.1, 0.15) is 15.2 Å². The molecular weight excluding hydrogens is 360 g/mol. The Morgan fingerprint density at radius 1 is 1.12 bits per heavy atom. The zero-order valence-corrected chi connectivity index (χ0v) is 15.2. The molecule has 0 saturated carbocycles. The Kier molecular flexibility index (Phi) is 4.36. The second-order valence-electron chi connectivity index (χ2n) is 6.00. The molecule has 1 saturated heterocycles. The molecule has 1 aromatic heterocycles. The van der Waals surface area contributed by atoms with Crippen LogP contribution in [0.15, 0.2) is 40.6 Å². The fourth-order valence-corrected chi connectivity index (χ4v) is 5.80. The molecule has 2 aliphatic heterocycles. The molecule has 8 heteroatoms. The molecule has 2 aliphatic rings. The van der Waals surface area contributed by atoms with Crippen molar-refractivity contribution < 1.29 is 17.9 Å². The van der Waals surface area contributed by atoms with E-state index in [-0.39, 0.29) is 10.8 Å². The van der Waals surface area contributed by atoms with Gasteiger partial charge in [-0.3, -0.25) is 4.79 Å². The Labute approximate surface area is 150 Å². The van der Waals surface area contributed by atoms with Gasteiger partial charge < -0.3 is 9.64 Å². The van der Waals surface area contributed by atoms with Crippen molar-refractivity contribution in [1.29, 1.82) is 0 Å². The van der Waals surface area contributed by atoms with E-state index < -0.39 is 10.0 Å². The molecule has 0 spiro atoms. The SMILES string of the molecule is O=C(c1cc(S(=O)(=O)N2CCOCC2)cs1)N1CCc2ccccc21. The largest absolute Gasteiger partial charge is 0.379 e. The summed E-state index contributed by atoms with van der Waals surface area (Å²) in [5, 5.41) is 1.56. The lowest BCUT2D eigenvalue weighted by molar-refractivity contribution is 0.0730. The molecule has 0 atom stereocenters. The minimum Gasteiger partial charge on any atom is -0.379 e. The van der Waals surface area contributed by atoms with Crippen LogP contribution in [0.25, 0.3) is 0 Å². The lowest BCUT2D eigenvalue weighted by atomic mass is 10.2. The van der Waals surface area contributed by atoms with Crippen LogP contribution in [-0.2, 0) is 21.2 Å². The van der Waals surface area contributed by atoms with E-state index in [4.69, 9.17) is 4.74 Å². The van der Waals surface area contributed by atoms with Gasteiger partial charge in [-0.2, -0.15) is 4.31 Å². The summed E-state index contributed by atoms with van der Waals surface area (Å²) < 4.78 is 32.0. The summed E-state index contributed by atoms with van der Waals surface area (Å²) >= 11 is 1.18. The molecule has 4 rings (SSSR count). The van der Waals surface area contributed by atoms with Crippen molar-refractivity contribution in [3.63, 3.8) is 0 Å². The van der Waals surface area contributed by atoms with E-state index in [1.807, 2.05) is 24.3 Å². The van der Waals surface area contributed by atoms with Gasteiger partial charge in [0, 0.05) is 30.7 Å². The van der Waals surface area contributed by atoms with Gasteiger partial charge in [-0.15, -0.1) is 11.3 Å². The molecule has 0 unspecified atom stereocenters. The molecule has 6 nitrogen and oxygen atoms in total. The average Bonchev–Trinajstić information content (AvgIpc) is 3.30. The van der Waals surface area contributed by atoms with Gasteiger partial charge in [-0.1, -0.05) is 18.2 Å². The van der Waals surface area contributed by atoms with Gasteiger partial charge in [-0.25, -0.2) is 8.42 Å². The zero-order chi connectivity index (χ0) is 17.4. The number of carbonyl (C=O) groups excluding carboxylic acids is 1. The molecule has 0 bridgehead atoms. The van der Waals surface area contributed by atoms with Gasteiger partial charge in [0.1, 0.15) is 0 Å². The van der Waals surface area contributed by atoms with E-state index in [1.54, 1.807) is 10.3 Å². The summed E-state index contributed by atoms with van der Waals surface area (Å²) in [6, 6.07) is 9.32. The maximum atomic E-state index is 12.8. The van der Waals surface area contributed by atoms with Gasteiger partial charge >= 0.3 is 0 Å². The lowest BCUT2D eigenvalue weighted by Gasteiger charge is -2.25. The standard InChI is InChI=1S/C17H18N2O4S2/c20-17(19-6-5-13-3-1-2-4-15(13)19)16-11-14(12-24-16)25(21,22)18-7-9-23-10-8-18/h1-4,11-12H,5-10H2.